The Morgan fingerprint density at radius 2 is 1.35 bits per heavy atom. The van der Waals surface area contributed by atoms with Crippen LogP contribution in [0.1, 0.15) is 73.6 Å². The number of esters is 2. The van der Waals surface area contributed by atoms with Crippen LogP contribution in [0.4, 0.5) is 26.3 Å². The Hall–Kier alpha value is -2.08. The molecule has 13 heteroatoms. The van der Waals surface area contributed by atoms with Crippen molar-refractivity contribution < 1.29 is 55.6 Å². The fourth-order valence-electron chi connectivity index (χ4n) is 5.01. The van der Waals surface area contributed by atoms with Crippen LogP contribution in [0, 0.1) is 11.8 Å². The van der Waals surface area contributed by atoms with E-state index in [1.54, 1.807) is 19.9 Å². The van der Waals surface area contributed by atoms with Crippen LogP contribution in [0.15, 0.2) is 42.5 Å². The van der Waals surface area contributed by atoms with Crippen molar-refractivity contribution in [2.24, 2.45) is 11.8 Å². The number of hydrogen-bond acceptors (Lipinski definition) is 6. The zero-order valence-electron chi connectivity index (χ0n) is 25.0. The fourth-order valence-corrected chi connectivity index (χ4v) is 7.83. The van der Waals surface area contributed by atoms with Gasteiger partial charge < -0.3 is 9.84 Å². The van der Waals surface area contributed by atoms with E-state index >= 15 is 0 Å². The Bertz CT molecular complexity index is 1130. The monoisotopic (exact) mass is 690 g/mol. The summed E-state index contributed by atoms with van der Waals surface area (Å²) >= 11 is -0.0203. The molecular formula is C30H40F6O6Se. The number of halogens is 6. The Labute approximate surface area is 254 Å². The number of rotatable bonds is 6. The number of ether oxygens (including phenoxy) is 2. The minimum atomic E-state index is -5.00. The molecule has 0 bridgehead atoms. The van der Waals surface area contributed by atoms with E-state index in [0.29, 0.717) is 32.1 Å². The van der Waals surface area contributed by atoms with Gasteiger partial charge in [0.15, 0.2) is 0 Å². The summed E-state index contributed by atoms with van der Waals surface area (Å²) in [5.41, 5.74) is -4.29. The molecule has 0 spiro atoms. The maximum atomic E-state index is 12.5. The van der Waals surface area contributed by atoms with Gasteiger partial charge in [-0.3, -0.25) is 0 Å². The van der Waals surface area contributed by atoms with Crippen molar-refractivity contribution in [2.75, 3.05) is 0 Å². The van der Waals surface area contributed by atoms with Gasteiger partial charge in [0, 0.05) is 5.92 Å². The quantitative estimate of drug-likeness (QED) is 0.169. The zero-order valence-corrected chi connectivity index (χ0v) is 26.7. The van der Waals surface area contributed by atoms with E-state index in [9.17, 15) is 46.1 Å². The molecule has 1 aromatic carbocycles. The molecule has 3 rings (SSSR count). The summed E-state index contributed by atoms with van der Waals surface area (Å²) in [6.07, 6.45) is -4.44. The van der Waals surface area contributed by atoms with Crippen LogP contribution >= 0.6 is 0 Å². The Morgan fingerprint density at radius 3 is 1.81 bits per heavy atom. The molecule has 0 heterocycles. The van der Waals surface area contributed by atoms with E-state index in [1.165, 1.54) is 33.8 Å². The average molecular weight is 690 g/mol. The van der Waals surface area contributed by atoms with E-state index in [2.05, 4.69) is 4.74 Å². The third-order valence-electron chi connectivity index (χ3n) is 7.91. The van der Waals surface area contributed by atoms with Gasteiger partial charge in [0.1, 0.15) is 5.60 Å². The van der Waals surface area contributed by atoms with Crippen LogP contribution in [0.25, 0.3) is 0 Å². The van der Waals surface area contributed by atoms with Gasteiger partial charge in [-0.2, -0.15) is 13.2 Å². The number of benzene rings is 1. The van der Waals surface area contributed by atoms with Gasteiger partial charge in [-0.05, 0) is 33.6 Å². The summed E-state index contributed by atoms with van der Waals surface area (Å²) in [4.78, 5) is 22.0. The van der Waals surface area contributed by atoms with Crippen molar-refractivity contribution >= 4 is 31.4 Å². The van der Waals surface area contributed by atoms with Crippen molar-refractivity contribution in [3.63, 3.8) is 0 Å². The van der Waals surface area contributed by atoms with Gasteiger partial charge in [0.25, 0.3) is 0 Å². The zero-order chi connectivity index (χ0) is 33.1. The molecule has 2 aliphatic carbocycles. The second-order valence-corrected chi connectivity index (χ2v) is 15.3. The summed E-state index contributed by atoms with van der Waals surface area (Å²) in [5, 5.41) is 20.4. The van der Waals surface area contributed by atoms with Crippen LogP contribution < -0.4 is 4.46 Å². The van der Waals surface area contributed by atoms with Crippen molar-refractivity contribution in [2.45, 2.75) is 113 Å². The standard InChI is InChI=1S/C18H23F3O3Se.C12H17F3O3/c1-16(2,24-15(22)18(19,20)21)12-9-10-17(3,23)14(11-12)25-13-7-5-4-6-8-13;1-10(2,18-9(16)12(13,14)15)8-4-6-11(3,17)7-5-8/h4-8,12,14,23H,9-11H2,1-3H3;4,6,8,17H,5,7H2,1-3H3/t12-,14?,17?;8-,11?/m10/s1. The van der Waals surface area contributed by atoms with E-state index < -0.39 is 46.7 Å². The maximum absolute atomic E-state index is 12.5. The van der Waals surface area contributed by atoms with Crippen LogP contribution in [0.2, 0.25) is 4.82 Å². The molecule has 2 N–H and O–H groups in total. The first-order valence-corrected chi connectivity index (χ1v) is 15.7. The number of alkyl halides is 6. The summed E-state index contributed by atoms with van der Waals surface area (Å²) < 4.78 is 84.4. The van der Waals surface area contributed by atoms with Gasteiger partial charge in [0.05, 0.1) is 5.60 Å². The van der Waals surface area contributed by atoms with Gasteiger partial charge in [0.2, 0.25) is 0 Å². The van der Waals surface area contributed by atoms with Crippen molar-refractivity contribution in [1.29, 1.82) is 0 Å². The third kappa shape index (κ3) is 11.1. The van der Waals surface area contributed by atoms with Crippen LogP contribution in [-0.4, -0.2) is 71.9 Å². The molecule has 6 nitrogen and oxygen atoms in total. The first-order chi connectivity index (χ1) is 19.4. The second-order valence-electron chi connectivity index (χ2n) is 12.6. The number of hydrogen-bond donors (Lipinski definition) is 2. The predicted octanol–water partition coefficient (Wildman–Crippen LogP) is 5.83. The molecule has 1 saturated carbocycles. The summed E-state index contributed by atoms with van der Waals surface area (Å²) in [7, 11) is 0. The molecular weight excluding hydrogens is 649 g/mol. The van der Waals surface area contributed by atoms with Crippen LogP contribution in [0.3, 0.4) is 0 Å². The number of carbonyl (C=O) groups excluding carboxylic acids is 2. The SMILES string of the molecule is CC1(O)C=C[C@H](C(C)(C)OC(=O)C(F)(F)F)CC1.CC1(O)CC[C@@H](C(C)(C)OC(=O)C(F)(F)F)CC1[Se]c1ccccc1. The van der Waals surface area contributed by atoms with Crippen molar-refractivity contribution in [3.8, 4) is 0 Å². The van der Waals surface area contributed by atoms with E-state index in [-0.39, 0.29) is 31.6 Å². The van der Waals surface area contributed by atoms with Gasteiger partial charge in [-0.15, -0.1) is 0 Å². The fraction of sp³-hybridized carbons (Fsp3) is 0.667. The Morgan fingerprint density at radius 1 is 0.837 bits per heavy atom. The summed E-state index contributed by atoms with van der Waals surface area (Å²) in [6.45, 7) is 9.32. The van der Waals surface area contributed by atoms with Gasteiger partial charge in [-0.25, -0.2) is 4.79 Å². The molecule has 1 fully saturated rings. The Kier molecular flexibility index (Phi) is 11.7. The van der Waals surface area contributed by atoms with Crippen molar-refractivity contribution in [3.05, 3.63) is 42.5 Å². The predicted molar refractivity (Wildman–Crippen MR) is 148 cm³/mol. The van der Waals surface area contributed by atoms with Crippen LogP contribution in [-0.2, 0) is 19.1 Å². The molecule has 0 aromatic heterocycles. The topological polar surface area (TPSA) is 93.1 Å². The minimum absolute atomic E-state index is 0.0203. The normalized spacial score (nSPS) is 28.4. The molecule has 43 heavy (non-hydrogen) atoms. The summed E-state index contributed by atoms with van der Waals surface area (Å²) in [6, 6.07) is 9.77. The van der Waals surface area contributed by atoms with E-state index in [1.807, 2.05) is 30.3 Å². The number of carbonyl (C=O) groups is 2. The molecule has 3 unspecified atom stereocenters. The molecule has 0 radical (unpaired) electrons. The van der Waals surface area contributed by atoms with E-state index in [4.69, 9.17) is 4.74 Å². The first-order valence-electron chi connectivity index (χ1n) is 13.8. The Balaban J connectivity index is 0.000000317. The molecule has 0 saturated heterocycles. The molecule has 244 valence electrons. The van der Waals surface area contributed by atoms with Crippen LogP contribution in [0.5, 0.6) is 0 Å². The molecule has 0 amide bonds. The van der Waals surface area contributed by atoms with Gasteiger partial charge in [-0.1, -0.05) is 12.2 Å². The number of aliphatic hydroxyl groups is 2. The van der Waals surface area contributed by atoms with Crippen molar-refractivity contribution in [1.82, 2.24) is 0 Å². The third-order valence-corrected chi connectivity index (χ3v) is 11.1. The average Bonchev–Trinajstić information content (AvgIpc) is 2.84. The molecule has 1 aromatic rings. The summed E-state index contributed by atoms with van der Waals surface area (Å²) in [5.74, 6) is -4.91. The first kappa shape index (κ1) is 37.1. The van der Waals surface area contributed by atoms with E-state index in [0.717, 1.165) is 4.46 Å². The molecule has 2 aliphatic rings. The van der Waals surface area contributed by atoms with Gasteiger partial charge >= 0.3 is 164 Å². The molecule has 5 atom stereocenters. The molecule has 0 aliphatic heterocycles. The second kappa shape index (κ2) is 13.5.